The largest absolute Gasteiger partial charge is 0.349 e. The molecule has 2 N–H and O–H groups in total. The Labute approximate surface area is 231 Å². The third-order valence-electron chi connectivity index (χ3n) is 7.79. The summed E-state index contributed by atoms with van der Waals surface area (Å²) in [5.41, 5.74) is 4.47. The highest BCUT2D eigenvalue weighted by molar-refractivity contribution is 7.11. The quantitative estimate of drug-likeness (QED) is 0.319. The van der Waals surface area contributed by atoms with E-state index >= 15 is 0 Å². The lowest BCUT2D eigenvalue weighted by molar-refractivity contribution is -0.122. The summed E-state index contributed by atoms with van der Waals surface area (Å²) in [5, 5.41) is 10.8. The highest BCUT2D eigenvalue weighted by atomic mass is 32.1. The number of amides is 2. The first-order valence-corrected chi connectivity index (χ1v) is 14.8. The molecule has 2 fully saturated rings. The van der Waals surface area contributed by atoms with E-state index in [1.54, 1.807) is 22.4 Å². The molecule has 2 aliphatic carbocycles. The lowest BCUT2D eigenvalue weighted by Gasteiger charge is -2.33. The van der Waals surface area contributed by atoms with Crippen LogP contribution in [-0.4, -0.2) is 37.3 Å². The van der Waals surface area contributed by atoms with Crippen LogP contribution in [0.15, 0.2) is 24.0 Å². The molecule has 2 atom stereocenters. The number of thiazole rings is 1. The van der Waals surface area contributed by atoms with Crippen LogP contribution in [0.5, 0.6) is 0 Å². The Morgan fingerprint density at radius 2 is 1.85 bits per heavy atom. The van der Waals surface area contributed by atoms with Gasteiger partial charge in [0.1, 0.15) is 4.88 Å². The third kappa shape index (κ3) is 6.28. The number of carbonyl (C=O) groups is 2. The molecule has 5 rings (SSSR count). The van der Waals surface area contributed by atoms with Crippen LogP contribution in [-0.2, 0) is 4.79 Å². The van der Waals surface area contributed by atoms with E-state index in [0.717, 1.165) is 30.5 Å². The Morgan fingerprint density at radius 1 is 1.13 bits per heavy atom. The number of nitrogens with zero attached hydrogens (tertiary/aromatic N) is 4. The minimum Gasteiger partial charge on any atom is -0.349 e. The van der Waals surface area contributed by atoms with Crippen LogP contribution in [0.2, 0.25) is 0 Å². The molecule has 3 heterocycles. The van der Waals surface area contributed by atoms with Crippen LogP contribution in [0.4, 0.5) is 8.78 Å². The maximum atomic E-state index is 14.0. The van der Waals surface area contributed by atoms with Crippen molar-refractivity contribution in [2.45, 2.75) is 96.1 Å². The summed E-state index contributed by atoms with van der Waals surface area (Å²) in [5.74, 6) is -2.63. The van der Waals surface area contributed by atoms with E-state index in [9.17, 15) is 18.4 Å². The van der Waals surface area contributed by atoms with Crippen molar-refractivity contribution in [1.82, 2.24) is 30.2 Å². The van der Waals surface area contributed by atoms with Crippen molar-refractivity contribution in [3.05, 3.63) is 45.8 Å². The first kappa shape index (κ1) is 27.6. The molecule has 210 valence electrons. The van der Waals surface area contributed by atoms with Crippen LogP contribution < -0.4 is 10.6 Å². The van der Waals surface area contributed by atoms with Crippen LogP contribution in [0, 0.1) is 11.8 Å². The van der Waals surface area contributed by atoms with E-state index < -0.39 is 12.0 Å². The fourth-order valence-corrected chi connectivity index (χ4v) is 6.32. The number of alkyl halides is 2. The fourth-order valence-electron chi connectivity index (χ4n) is 5.48. The second-order valence-electron chi connectivity index (χ2n) is 11.3. The SMILES string of the molecule is CCCC(=O)N[C@@H](c1cnn2cc([C@@H](NC(=O)c3scnc3C(C)C)C3CCC(F)(F)CC3)nc2c1)C1CC1. The maximum absolute atomic E-state index is 14.0. The number of hydrogen-bond donors (Lipinski definition) is 2. The average Bonchev–Trinajstić information content (AvgIpc) is 3.44. The Hall–Kier alpha value is -2.95. The predicted molar refractivity (Wildman–Crippen MR) is 145 cm³/mol. The van der Waals surface area contributed by atoms with Gasteiger partial charge in [0.15, 0.2) is 5.65 Å². The van der Waals surface area contributed by atoms with Gasteiger partial charge >= 0.3 is 0 Å². The Balaban J connectivity index is 1.44. The zero-order chi connectivity index (χ0) is 27.7. The Kier molecular flexibility index (Phi) is 7.98. The van der Waals surface area contributed by atoms with E-state index in [4.69, 9.17) is 4.98 Å². The molecule has 3 aromatic rings. The van der Waals surface area contributed by atoms with Crippen molar-refractivity contribution in [3.8, 4) is 0 Å². The Morgan fingerprint density at radius 3 is 2.51 bits per heavy atom. The maximum Gasteiger partial charge on any atom is 0.263 e. The van der Waals surface area contributed by atoms with Crippen LogP contribution in [0.1, 0.15) is 117 Å². The van der Waals surface area contributed by atoms with Gasteiger partial charge in [-0.05, 0) is 61.5 Å². The molecule has 0 aromatic carbocycles. The summed E-state index contributed by atoms with van der Waals surface area (Å²) in [6, 6.07) is 1.28. The normalized spacial score (nSPS) is 19.2. The number of imidazole rings is 1. The predicted octanol–water partition coefficient (Wildman–Crippen LogP) is 5.97. The number of rotatable bonds is 10. The second kappa shape index (κ2) is 11.3. The molecule has 8 nitrogen and oxygen atoms in total. The molecule has 0 bridgehead atoms. The smallest absolute Gasteiger partial charge is 0.263 e. The minimum atomic E-state index is -2.68. The second-order valence-corrected chi connectivity index (χ2v) is 12.1. The van der Waals surface area contributed by atoms with Crippen molar-refractivity contribution in [1.29, 1.82) is 0 Å². The molecular weight excluding hydrogens is 522 g/mol. The molecule has 2 aliphatic rings. The molecule has 0 saturated heterocycles. The van der Waals surface area contributed by atoms with Crippen molar-refractivity contribution in [2.24, 2.45) is 11.8 Å². The Bertz CT molecular complexity index is 1320. The van der Waals surface area contributed by atoms with E-state index in [2.05, 4.69) is 20.7 Å². The van der Waals surface area contributed by atoms with Gasteiger partial charge in [-0.25, -0.2) is 23.3 Å². The van der Waals surface area contributed by atoms with Crippen molar-refractivity contribution in [2.75, 3.05) is 0 Å². The lowest BCUT2D eigenvalue weighted by atomic mass is 9.81. The molecule has 39 heavy (non-hydrogen) atoms. The zero-order valence-corrected chi connectivity index (χ0v) is 23.4. The topological polar surface area (TPSA) is 101 Å². The zero-order valence-electron chi connectivity index (χ0n) is 22.6. The van der Waals surface area contributed by atoms with Gasteiger partial charge in [0.05, 0.1) is 41.4 Å². The van der Waals surface area contributed by atoms with Gasteiger partial charge in [0, 0.05) is 19.3 Å². The van der Waals surface area contributed by atoms with Crippen molar-refractivity contribution in [3.63, 3.8) is 0 Å². The van der Waals surface area contributed by atoms with Gasteiger partial charge in [0.2, 0.25) is 11.8 Å². The highest BCUT2D eigenvalue weighted by Gasteiger charge is 2.40. The van der Waals surface area contributed by atoms with Crippen LogP contribution in [0.25, 0.3) is 5.65 Å². The molecular formula is C28H36F2N6O2S. The van der Waals surface area contributed by atoms with E-state index in [1.807, 2.05) is 26.8 Å². The number of aromatic nitrogens is 4. The summed E-state index contributed by atoms with van der Waals surface area (Å²) >= 11 is 1.28. The average molecular weight is 559 g/mol. The molecule has 0 spiro atoms. The van der Waals surface area contributed by atoms with Gasteiger partial charge in [0.25, 0.3) is 5.91 Å². The van der Waals surface area contributed by atoms with Crippen LogP contribution in [0.3, 0.4) is 0 Å². The summed E-state index contributed by atoms with van der Waals surface area (Å²) < 4.78 is 29.7. The molecule has 2 saturated carbocycles. The molecule has 2 amide bonds. The van der Waals surface area contributed by atoms with Gasteiger partial charge < -0.3 is 10.6 Å². The number of halogens is 2. The first-order valence-electron chi connectivity index (χ1n) is 13.9. The number of carbonyl (C=O) groups excluding carboxylic acids is 2. The van der Waals surface area contributed by atoms with E-state index in [1.165, 1.54) is 11.3 Å². The molecule has 0 aliphatic heterocycles. The third-order valence-corrected chi connectivity index (χ3v) is 8.63. The van der Waals surface area contributed by atoms with E-state index in [0.29, 0.717) is 28.6 Å². The minimum absolute atomic E-state index is 0.0269. The molecule has 0 unspecified atom stereocenters. The van der Waals surface area contributed by atoms with Gasteiger partial charge in [-0.3, -0.25) is 9.59 Å². The summed E-state index contributed by atoms with van der Waals surface area (Å²) in [6.07, 6.45) is 7.06. The number of hydrogen-bond acceptors (Lipinski definition) is 6. The summed E-state index contributed by atoms with van der Waals surface area (Å²) in [7, 11) is 0. The van der Waals surface area contributed by atoms with E-state index in [-0.39, 0.29) is 55.4 Å². The molecule has 0 radical (unpaired) electrons. The van der Waals surface area contributed by atoms with Gasteiger partial charge in [-0.1, -0.05) is 20.8 Å². The number of fused-ring (bicyclic) bond motifs is 1. The van der Waals surface area contributed by atoms with Gasteiger partial charge in [-0.15, -0.1) is 11.3 Å². The van der Waals surface area contributed by atoms with Crippen molar-refractivity contribution >= 4 is 28.8 Å². The monoisotopic (exact) mass is 558 g/mol. The lowest BCUT2D eigenvalue weighted by Crippen LogP contribution is -2.37. The fraction of sp³-hybridized carbons (Fsp3) is 0.607. The van der Waals surface area contributed by atoms with Crippen LogP contribution >= 0.6 is 11.3 Å². The van der Waals surface area contributed by atoms with Crippen molar-refractivity contribution < 1.29 is 18.4 Å². The molecule has 11 heteroatoms. The summed E-state index contributed by atoms with van der Waals surface area (Å²) in [6.45, 7) is 5.95. The number of nitrogens with one attached hydrogen (secondary N) is 2. The first-order chi connectivity index (χ1) is 18.6. The highest BCUT2D eigenvalue weighted by Crippen LogP contribution is 2.43. The summed E-state index contributed by atoms with van der Waals surface area (Å²) in [4.78, 5) is 35.5. The van der Waals surface area contributed by atoms with Gasteiger partial charge in [-0.2, -0.15) is 5.10 Å². The standard InChI is InChI=1S/C28H36F2N6O2S/c1-4-5-22(37)34-24(17-6-7-17)19-12-21-33-20(14-36(21)32-13-19)25(18-8-10-28(29,30)11-9-18)35-27(38)26-23(16(2)3)31-15-39-26/h12-18,24-25H,4-11H2,1-3H3,(H,34,37)(H,35,38)/t24-,25+/m1/s1. The molecule has 3 aromatic heterocycles.